The maximum Gasteiger partial charge on any atom is 0.157 e. The van der Waals surface area contributed by atoms with Crippen LogP contribution in [0.15, 0.2) is 0 Å². The highest BCUT2D eigenvalue weighted by atomic mass is 16.7. The van der Waals surface area contributed by atoms with Crippen LogP contribution in [0.1, 0.15) is 131 Å². The molecular weight excluding hydrogens is 416 g/mol. The molecule has 1 heterocycles. The van der Waals surface area contributed by atoms with Gasteiger partial charge in [0.25, 0.3) is 0 Å². The lowest BCUT2D eigenvalue weighted by Crippen LogP contribution is -2.54. The molecule has 5 fully saturated rings. The molecule has 0 aromatic rings. The van der Waals surface area contributed by atoms with Crippen molar-refractivity contribution < 1.29 is 9.47 Å². The summed E-state index contributed by atoms with van der Waals surface area (Å²) in [5.74, 6) is 6.64. The van der Waals surface area contributed by atoms with Crippen LogP contribution in [0.3, 0.4) is 0 Å². The van der Waals surface area contributed by atoms with Gasteiger partial charge in [-0.15, -0.1) is 0 Å². The quantitative estimate of drug-likeness (QED) is 0.344. The Labute approximate surface area is 211 Å². The van der Waals surface area contributed by atoms with Gasteiger partial charge in [0.1, 0.15) is 0 Å². The van der Waals surface area contributed by atoms with E-state index in [0.717, 1.165) is 54.5 Å². The van der Waals surface area contributed by atoms with Crippen LogP contribution in [0.25, 0.3) is 0 Å². The van der Waals surface area contributed by atoms with E-state index in [1.54, 1.807) is 0 Å². The molecule has 34 heavy (non-hydrogen) atoms. The van der Waals surface area contributed by atoms with Gasteiger partial charge in [-0.1, -0.05) is 53.9 Å². The first-order valence-electron chi connectivity index (χ1n) is 15.6. The van der Waals surface area contributed by atoms with Crippen LogP contribution in [0.5, 0.6) is 0 Å². The molecule has 0 aromatic carbocycles. The molecule has 0 amide bonds. The molecule has 0 radical (unpaired) electrons. The highest BCUT2D eigenvalue weighted by Gasteiger charge is 2.60. The number of rotatable bonds is 7. The number of hydrogen-bond donors (Lipinski definition) is 0. The van der Waals surface area contributed by atoms with Gasteiger partial charge in [0.05, 0.1) is 6.10 Å². The third-order valence-electron chi connectivity index (χ3n) is 12.3. The van der Waals surface area contributed by atoms with Gasteiger partial charge in [-0.3, -0.25) is 0 Å². The van der Waals surface area contributed by atoms with E-state index >= 15 is 0 Å². The Morgan fingerprint density at radius 2 is 1.62 bits per heavy atom. The van der Waals surface area contributed by atoms with Gasteiger partial charge in [0.15, 0.2) is 6.29 Å². The van der Waals surface area contributed by atoms with Gasteiger partial charge in [-0.25, -0.2) is 0 Å². The maximum atomic E-state index is 6.51. The van der Waals surface area contributed by atoms with Crippen LogP contribution >= 0.6 is 0 Å². The van der Waals surface area contributed by atoms with E-state index in [1.807, 2.05) is 0 Å². The minimum atomic E-state index is 0.0905. The van der Waals surface area contributed by atoms with E-state index in [4.69, 9.17) is 9.47 Å². The molecule has 2 nitrogen and oxygen atoms in total. The third kappa shape index (κ3) is 4.78. The van der Waals surface area contributed by atoms with Gasteiger partial charge in [0, 0.05) is 6.61 Å². The topological polar surface area (TPSA) is 18.5 Å². The van der Waals surface area contributed by atoms with Gasteiger partial charge in [-0.2, -0.15) is 0 Å². The fraction of sp³-hybridized carbons (Fsp3) is 1.00. The minimum Gasteiger partial charge on any atom is -0.353 e. The predicted molar refractivity (Wildman–Crippen MR) is 142 cm³/mol. The molecule has 10 atom stereocenters. The van der Waals surface area contributed by atoms with Crippen LogP contribution in [0.4, 0.5) is 0 Å². The predicted octanol–water partition coefficient (Wildman–Crippen LogP) is 9.02. The molecule has 196 valence electrons. The van der Waals surface area contributed by atoms with E-state index < -0.39 is 0 Å². The van der Waals surface area contributed by atoms with Gasteiger partial charge >= 0.3 is 0 Å². The Bertz CT molecular complexity index is 668. The Kier molecular flexibility index (Phi) is 7.78. The van der Waals surface area contributed by atoms with Crippen molar-refractivity contribution in [3.63, 3.8) is 0 Å². The highest BCUT2D eigenvalue weighted by Crippen LogP contribution is 2.68. The van der Waals surface area contributed by atoms with E-state index in [9.17, 15) is 0 Å². The average Bonchev–Trinajstić information content (AvgIpc) is 3.17. The lowest BCUT2D eigenvalue weighted by molar-refractivity contribution is -0.212. The van der Waals surface area contributed by atoms with Crippen molar-refractivity contribution in [2.45, 2.75) is 143 Å². The van der Waals surface area contributed by atoms with Crippen molar-refractivity contribution in [3.8, 4) is 0 Å². The summed E-state index contributed by atoms with van der Waals surface area (Å²) in [4.78, 5) is 0. The summed E-state index contributed by atoms with van der Waals surface area (Å²) in [6.07, 6.45) is 21.5. The molecule has 0 bridgehead atoms. The van der Waals surface area contributed by atoms with Crippen LogP contribution < -0.4 is 0 Å². The van der Waals surface area contributed by atoms with E-state index in [1.165, 1.54) is 89.9 Å². The monoisotopic (exact) mass is 472 g/mol. The maximum absolute atomic E-state index is 6.51. The third-order valence-corrected chi connectivity index (χ3v) is 12.3. The summed E-state index contributed by atoms with van der Waals surface area (Å²) in [5.41, 5.74) is 1.19. The molecule has 1 aliphatic heterocycles. The second-order valence-electron chi connectivity index (χ2n) is 14.5. The number of hydrogen-bond acceptors (Lipinski definition) is 2. The summed E-state index contributed by atoms with van der Waals surface area (Å²) in [7, 11) is 0. The van der Waals surface area contributed by atoms with Crippen molar-refractivity contribution in [2.75, 3.05) is 6.61 Å². The molecule has 3 unspecified atom stereocenters. The van der Waals surface area contributed by atoms with Crippen LogP contribution in [0.2, 0.25) is 0 Å². The summed E-state index contributed by atoms with van der Waals surface area (Å²) in [6, 6.07) is 0. The Morgan fingerprint density at radius 3 is 2.38 bits per heavy atom. The molecular formula is C32H56O2. The first kappa shape index (κ1) is 25.6. The molecule has 5 rings (SSSR count). The van der Waals surface area contributed by atoms with E-state index in [2.05, 4.69) is 34.6 Å². The van der Waals surface area contributed by atoms with Gasteiger partial charge < -0.3 is 9.47 Å². The van der Waals surface area contributed by atoms with Crippen LogP contribution in [-0.4, -0.2) is 19.0 Å². The standard InChI is InChI=1S/C32H56O2/c1-22(2)9-8-10-23(3)27-14-15-28-26-13-12-24-21-25(34-30-11-6-7-20-33-30)16-18-31(24,4)29(26)17-19-32(27,28)5/h22-30H,6-21H2,1-5H3/t23-,24?,25?,26+,27-,28+,29+,30?,31+,32-/m1/s1. The molecule has 2 heteroatoms. The highest BCUT2D eigenvalue weighted by molar-refractivity contribution is 5.09. The lowest BCUT2D eigenvalue weighted by Gasteiger charge is -2.61. The second kappa shape index (κ2) is 10.4. The fourth-order valence-electron chi connectivity index (χ4n) is 10.4. The van der Waals surface area contributed by atoms with E-state index in [0.29, 0.717) is 16.9 Å². The molecule has 0 N–H and O–H groups in total. The normalized spacial score (nSPS) is 47.6. The van der Waals surface area contributed by atoms with Crippen LogP contribution in [0, 0.1) is 52.3 Å². The smallest absolute Gasteiger partial charge is 0.157 e. The Morgan fingerprint density at radius 1 is 0.824 bits per heavy atom. The summed E-state index contributed by atoms with van der Waals surface area (Å²) in [6.45, 7) is 13.7. The molecule has 0 aromatic heterocycles. The van der Waals surface area contributed by atoms with Crippen molar-refractivity contribution in [2.24, 2.45) is 52.3 Å². The molecule has 4 aliphatic carbocycles. The van der Waals surface area contributed by atoms with Crippen molar-refractivity contribution >= 4 is 0 Å². The first-order valence-corrected chi connectivity index (χ1v) is 15.6. The van der Waals surface area contributed by atoms with Crippen molar-refractivity contribution in [1.82, 2.24) is 0 Å². The van der Waals surface area contributed by atoms with Crippen molar-refractivity contribution in [1.29, 1.82) is 0 Å². The summed E-state index contributed by atoms with van der Waals surface area (Å²) < 4.78 is 12.4. The van der Waals surface area contributed by atoms with Gasteiger partial charge in [0.2, 0.25) is 0 Å². The first-order chi connectivity index (χ1) is 16.3. The number of fused-ring (bicyclic) bond motifs is 5. The lowest BCUT2D eigenvalue weighted by atomic mass is 9.44. The second-order valence-corrected chi connectivity index (χ2v) is 14.5. The van der Waals surface area contributed by atoms with Gasteiger partial charge in [-0.05, 0) is 129 Å². The minimum absolute atomic E-state index is 0.0905. The zero-order valence-electron chi connectivity index (χ0n) is 23.3. The fourth-order valence-corrected chi connectivity index (χ4v) is 10.4. The molecule has 0 spiro atoms. The average molecular weight is 473 g/mol. The molecule has 5 aliphatic rings. The Balaban J connectivity index is 1.21. The number of ether oxygens (including phenoxy) is 2. The summed E-state index contributed by atoms with van der Waals surface area (Å²) >= 11 is 0. The SMILES string of the molecule is CC(C)CCC[C@@H](C)[C@H]1CC[C@H]2[C@@H]3CCC4CC(OC5CCCCO5)CC[C@]4(C)[C@H]3CC[C@]12C. The largest absolute Gasteiger partial charge is 0.353 e. The zero-order chi connectivity index (χ0) is 23.9. The molecule has 4 saturated carbocycles. The summed E-state index contributed by atoms with van der Waals surface area (Å²) in [5, 5.41) is 0. The van der Waals surface area contributed by atoms with Crippen LogP contribution in [-0.2, 0) is 9.47 Å². The van der Waals surface area contributed by atoms with E-state index in [-0.39, 0.29) is 6.29 Å². The van der Waals surface area contributed by atoms with Crippen molar-refractivity contribution in [3.05, 3.63) is 0 Å². The molecule has 1 saturated heterocycles. The Hall–Kier alpha value is -0.0800. The zero-order valence-corrected chi connectivity index (χ0v) is 23.3.